The van der Waals surface area contributed by atoms with E-state index in [-0.39, 0.29) is 30.7 Å². The normalized spacial score (nSPS) is 13.8. The second-order valence-electron chi connectivity index (χ2n) is 4.17. The molecule has 6 heteroatoms. The van der Waals surface area contributed by atoms with Gasteiger partial charge in [-0.1, -0.05) is 0 Å². The van der Waals surface area contributed by atoms with Crippen LogP contribution in [0.5, 0.6) is 0 Å². The van der Waals surface area contributed by atoms with Crippen molar-refractivity contribution >= 4 is 30.7 Å². The molecule has 0 unspecified atom stereocenters. The molecule has 102 valence electrons. The molecule has 1 aliphatic rings. The third-order valence-corrected chi connectivity index (χ3v) is 3.08. The van der Waals surface area contributed by atoms with E-state index < -0.39 is 0 Å². The summed E-state index contributed by atoms with van der Waals surface area (Å²) in [6.07, 6.45) is 4.90. The maximum absolute atomic E-state index is 11.8. The van der Waals surface area contributed by atoms with Crippen molar-refractivity contribution < 1.29 is 4.79 Å². The van der Waals surface area contributed by atoms with Crippen LogP contribution < -0.4 is 5.32 Å². The molecule has 1 aromatic rings. The molecular weight excluding hydrogens is 273 g/mol. The lowest BCUT2D eigenvalue weighted by molar-refractivity contribution is -0.132. The Hall–Kier alpha value is -0.840. The Kier molecular flexibility index (Phi) is 7.91. The van der Waals surface area contributed by atoms with Gasteiger partial charge in [-0.3, -0.25) is 9.78 Å². The third kappa shape index (κ3) is 4.44. The Balaban J connectivity index is 0.00000144. The molecule has 0 bridgehead atoms. The number of hydrogen-bond donors (Lipinski definition) is 1. The number of halogens is 2. The summed E-state index contributed by atoms with van der Waals surface area (Å²) in [7, 11) is 1.89. The molecule has 0 saturated carbocycles. The molecule has 0 aromatic carbocycles. The number of likely N-dealkylation sites (N-methyl/N-ethyl adjacent to an activating group) is 1. The van der Waals surface area contributed by atoms with Gasteiger partial charge in [0.15, 0.2) is 0 Å². The minimum absolute atomic E-state index is 0. The number of rotatable bonds is 4. The summed E-state index contributed by atoms with van der Waals surface area (Å²) >= 11 is 0. The fraction of sp³-hybridized carbons (Fsp3) is 0.500. The fourth-order valence-electron chi connectivity index (χ4n) is 1.73. The van der Waals surface area contributed by atoms with Crippen LogP contribution in [0.3, 0.4) is 0 Å². The third-order valence-electron chi connectivity index (χ3n) is 3.08. The molecule has 1 fully saturated rings. The molecule has 1 saturated heterocycles. The molecule has 1 aliphatic heterocycles. The van der Waals surface area contributed by atoms with Crippen molar-refractivity contribution in [1.82, 2.24) is 15.2 Å². The molecule has 1 aromatic heterocycles. The first-order chi connectivity index (χ1) is 7.77. The predicted octanol–water partition coefficient (Wildman–Crippen LogP) is 1.29. The zero-order valence-corrected chi connectivity index (χ0v) is 12.0. The predicted molar refractivity (Wildman–Crippen MR) is 76.5 cm³/mol. The van der Waals surface area contributed by atoms with E-state index >= 15 is 0 Å². The molecule has 0 radical (unpaired) electrons. The average Bonchev–Trinajstić information content (AvgIpc) is 2.25. The smallest absolute Gasteiger partial charge is 0.222 e. The SMILES string of the molecule is CN(C(=O)CCc1ccncc1)C1CNC1.Cl.Cl. The molecule has 2 heterocycles. The summed E-state index contributed by atoms with van der Waals surface area (Å²) in [6.45, 7) is 1.86. The van der Waals surface area contributed by atoms with Crippen LogP contribution in [-0.4, -0.2) is 42.0 Å². The number of pyridine rings is 1. The van der Waals surface area contributed by atoms with Crippen LogP contribution in [0.1, 0.15) is 12.0 Å². The summed E-state index contributed by atoms with van der Waals surface area (Å²) in [5.41, 5.74) is 1.17. The van der Waals surface area contributed by atoms with Gasteiger partial charge in [0.05, 0.1) is 6.04 Å². The largest absolute Gasteiger partial charge is 0.340 e. The van der Waals surface area contributed by atoms with E-state index in [1.807, 2.05) is 24.1 Å². The van der Waals surface area contributed by atoms with Gasteiger partial charge >= 0.3 is 0 Å². The Labute approximate surface area is 120 Å². The summed E-state index contributed by atoms with van der Waals surface area (Å²) in [5.74, 6) is 0.225. The van der Waals surface area contributed by atoms with Gasteiger partial charge in [-0.15, -0.1) is 24.8 Å². The van der Waals surface area contributed by atoms with Gasteiger partial charge in [-0.05, 0) is 24.1 Å². The first-order valence-electron chi connectivity index (χ1n) is 5.62. The van der Waals surface area contributed by atoms with Gasteiger partial charge in [-0.2, -0.15) is 0 Å². The highest BCUT2D eigenvalue weighted by atomic mass is 35.5. The van der Waals surface area contributed by atoms with E-state index in [4.69, 9.17) is 0 Å². The Morgan fingerprint density at radius 2 is 2.00 bits per heavy atom. The highest BCUT2D eigenvalue weighted by Gasteiger charge is 2.24. The zero-order chi connectivity index (χ0) is 11.4. The van der Waals surface area contributed by atoms with Crippen LogP contribution in [0.15, 0.2) is 24.5 Å². The first-order valence-corrected chi connectivity index (χ1v) is 5.62. The summed E-state index contributed by atoms with van der Waals surface area (Å²) in [4.78, 5) is 17.6. The molecule has 0 atom stereocenters. The Morgan fingerprint density at radius 1 is 1.39 bits per heavy atom. The van der Waals surface area contributed by atoms with Crippen LogP contribution in [0.25, 0.3) is 0 Å². The van der Waals surface area contributed by atoms with Gasteiger partial charge in [0.25, 0.3) is 0 Å². The van der Waals surface area contributed by atoms with Crippen LogP contribution >= 0.6 is 24.8 Å². The van der Waals surface area contributed by atoms with Crippen molar-refractivity contribution in [3.05, 3.63) is 30.1 Å². The molecule has 1 amide bonds. The van der Waals surface area contributed by atoms with Crippen LogP contribution in [0, 0.1) is 0 Å². The average molecular weight is 292 g/mol. The van der Waals surface area contributed by atoms with Crippen LogP contribution in [-0.2, 0) is 11.2 Å². The maximum Gasteiger partial charge on any atom is 0.222 e. The number of carbonyl (C=O) groups is 1. The lowest BCUT2D eigenvalue weighted by Crippen LogP contribution is -2.57. The summed E-state index contributed by atoms with van der Waals surface area (Å²) in [5, 5.41) is 3.17. The summed E-state index contributed by atoms with van der Waals surface area (Å²) < 4.78 is 0. The monoisotopic (exact) mass is 291 g/mol. The zero-order valence-electron chi connectivity index (χ0n) is 10.3. The molecule has 0 spiro atoms. The second-order valence-corrected chi connectivity index (χ2v) is 4.17. The number of carbonyl (C=O) groups excluding carboxylic acids is 1. The van der Waals surface area contributed by atoms with E-state index in [0.717, 1.165) is 19.5 Å². The topological polar surface area (TPSA) is 45.2 Å². The molecule has 18 heavy (non-hydrogen) atoms. The molecule has 0 aliphatic carbocycles. The van der Waals surface area contributed by atoms with Crippen molar-refractivity contribution in [2.45, 2.75) is 18.9 Å². The molecular formula is C12H19Cl2N3O. The first kappa shape index (κ1) is 17.2. The van der Waals surface area contributed by atoms with E-state index in [9.17, 15) is 4.79 Å². The van der Waals surface area contributed by atoms with Gasteiger partial charge in [0, 0.05) is 39.0 Å². The highest BCUT2D eigenvalue weighted by molar-refractivity contribution is 5.85. The minimum Gasteiger partial charge on any atom is -0.340 e. The van der Waals surface area contributed by atoms with E-state index in [2.05, 4.69) is 10.3 Å². The van der Waals surface area contributed by atoms with Crippen molar-refractivity contribution in [1.29, 1.82) is 0 Å². The minimum atomic E-state index is 0. The van der Waals surface area contributed by atoms with E-state index in [1.165, 1.54) is 5.56 Å². The molecule has 2 rings (SSSR count). The number of hydrogen-bond acceptors (Lipinski definition) is 3. The number of amides is 1. The van der Waals surface area contributed by atoms with E-state index in [1.54, 1.807) is 12.4 Å². The number of aromatic nitrogens is 1. The van der Waals surface area contributed by atoms with Crippen molar-refractivity contribution in [2.24, 2.45) is 0 Å². The van der Waals surface area contributed by atoms with Gasteiger partial charge in [0.1, 0.15) is 0 Å². The lowest BCUT2D eigenvalue weighted by atomic mass is 10.1. The van der Waals surface area contributed by atoms with Gasteiger partial charge in [0.2, 0.25) is 5.91 Å². The highest BCUT2D eigenvalue weighted by Crippen LogP contribution is 2.07. The van der Waals surface area contributed by atoms with Crippen LogP contribution in [0.2, 0.25) is 0 Å². The lowest BCUT2D eigenvalue weighted by Gasteiger charge is -2.35. The second kappa shape index (κ2) is 8.29. The molecule has 4 nitrogen and oxygen atoms in total. The van der Waals surface area contributed by atoms with Crippen molar-refractivity contribution in [2.75, 3.05) is 20.1 Å². The van der Waals surface area contributed by atoms with Crippen molar-refractivity contribution in [3.63, 3.8) is 0 Å². The standard InChI is InChI=1S/C12H17N3O.2ClH/c1-15(11-8-14-9-11)12(16)3-2-10-4-6-13-7-5-10;;/h4-7,11,14H,2-3,8-9H2,1H3;2*1H. The summed E-state index contributed by atoms with van der Waals surface area (Å²) in [6, 6.07) is 4.31. The van der Waals surface area contributed by atoms with Crippen molar-refractivity contribution in [3.8, 4) is 0 Å². The number of nitrogens with one attached hydrogen (secondary N) is 1. The maximum atomic E-state index is 11.8. The Bertz CT molecular complexity index is 358. The number of aryl methyl sites for hydroxylation is 1. The van der Waals surface area contributed by atoms with Gasteiger partial charge in [-0.25, -0.2) is 0 Å². The fourth-order valence-corrected chi connectivity index (χ4v) is 1.73. The quantitative estimate of drug-likeness (QED) is 0.909. The molecule has 1 N–H and O–H groups in total. The number of nitrogens with zero attached hydrogens (tertiary/aromatic N) is 2. The van der Waals surface area contributed by atoms with E-state index in [0.29, 0.717) is 12.5 Å². The van der Waals surface area contributed by atoms with Gasteiger partial charge < -0.3 is 10.2 Å². The Morgan fingerprint density at radius 3 is 2.50 bits per heavy atom. The van der Waals surface area contributed by atoms with Crippen LogP contribution in [0.4, 0.5) is 0 Å².